The van der Waals surface area contributed by atoms with Crippen LogP contribution >= 0.6 is 0 Å². The van der Waals surface area contributed by atoms with E-state index in [0.717, 1.165) is 5.71 Å². The predicted molar refractivity (Wildman–Crippen MR) is 55.9 cm³/mol. The van der Waals surface area contributed by atoms with E-state index in [4.69, 9.17) is 5.41 Å². The minimum Gasteiger partial charge on any atom is -0.310 e. The smallest absolute Gasteiger partial charge is 0.00917 e. The number of rotatable bonds is 6. The molecule has 0 saturated carbocycles. The molecule has 0 aliphatic heterocycles. The van der Waals surface area contributed by atoms with Gasteiger partial charge in [-0.05, 0) is 25.2 Å². The van der Waals surface area contributed by atoms with Crippen LogP contribution in [0.5, 0.6) is 0 Å². The van der Waals surface area contributed by atoms with Gasteiger partial charge in [-0.3, -0.25) is 0 Å². The first-order chi connectivity index (χ1) is 5.63. The van der Waals surface area contributed by atoms with Crippen LogP contribution in [0, 0.1) is 17.2 Å². The van der Waals surface area contributed by atoms with Crippen molar-refractivity contribution in [3.05, 3.63) is 0 Å². The molecule has 0 bridgehead atoms. The quantitative estimate of drug-likeness (QED) is 0.583. The fraction of sp³-hybridized carbons (Fsp3) is 0.909. The van der Waals surface area contributed by atoms with E-state index in [-0.39, 0.29) is 0 Å². The van der Waals surface area contributed by atoms with Gasteiger partial charge in [-0.25, -0.2) is 0 Å². The zero-order chi connectivity index (χ0) is 9.56. The molecule has 0 fully saturated rings. The molecule has 0 amide bonds. The van der Waals surface area contributed by atoms with Crippen LogP contribution in [0.25, 0.3) is 0 Å². The van der Waals surface area contributed by atoms with Crippen LogP contribution in [0.1, 0.15) is 53.4 Å². The Morgan fingerprint density at radius 1 is 1.33 bits per heavy atom. The van der Waals surface area contributed by atoms with E-state index >= 15 is 0 Å². The second-order valence-corrected chi connectivity index (χ2v) is 3.82. The van der Waals surface area contributed by atoms with Gasteiger partial charge in [0, 0.05) is 5.71 Å². The van der Waals surface area contributed by atoms with Gasteiger partial charge in [-0.2, -0.15) is 0 Å². The molecule has 0 heterocycles. The molecule has 0 rings (SSSR count). The Morgan fingerprint density at radius 2 is 1.92 bits per heavy atom. The van der Waals surface area contributed by atoms with Crippen molar-refractivity contribution < 1.29 is 0 Å². The molecule has 0 aromatic rings. The second-order valence-electron chi connectivity index (χ2n) is 3.82. The van der Waals surface area contributed by atoms with Crippen LogP contribution < -0.4 is 0 Å². The summed E-state index contributed by atoms with van der Waals surface area (Å²) in [6.07, 6.45) is 4.93. The molecule has 0 aliphatic carbocycles. The first kappa shape index (κ1) is 11.7. The number of unbranched alkanes of at least 4 members (excludes halogenated alkanes) is 1. The van der Waals surface area contributed by atoms with E-state index in [2.05, 4.69) is 20.8 Å². The molecule has 72 valence electrons. The molecule has 0 saturated heterocycles. The van der Waals surface area contributed by atoms with Gasteiger partial charge in [-0.1, -0.05) is 40.0 Å². The van der Waals surface area contributed by atoms with Crippen molar-refractivity contribution >= 4 is 5.71 Å². The molecule has 1 heteroatoms. The lowest BCUT2D eigenvalue weighted by Gasteiger charge is -2.21. The highest BCUT2D eigenvalue weighted by Gasteiger charge is 2.16. The van der Waals surface area contributed by atoms with Crippen LogP contribution in [0.3, 0.4) is 0 Å². The molecule has 0 aliphatic rings. The Labute approximate surface area is 77.1 Å². The van der Waals surface area contributed by atoms with Crippen molar-refractivity contribution in [1.29, 1.82) is 5.41 Å². The van der Waals surface area contributed by atoms with Crippen molar-refractivity contribution in [2.45, 2.75) is 53.4 Å². The Balaban J connectivity index is 3.94. The van der Waals surface area contributed by atoms with Crippen molar-refractivity contribution in [3.8, 4) is 0 Å². The average Bonchev–Trinajstić information content (AvgIpc) is 2.04. The van der Waals surface area contributed by atoms with Crippen LogP contribution in [0.15, 0.2) is 0 Å². The van der Waals surface area contributed by atoms with Crippen LogP contribution in [-0.4, -0.2) is 5.71 Å². The summed E-state index contributed by atoms with van der Waals surface area (Å²) in [6, 6.07) is 0. The van der Waals surface area contributed by atoms with Crippen molar-refractivity contribution in [1.82, 2.24) is 0 Å². The van der Waals surface area contributed by atoms with Crippen molar-refractivity contribution in [3.63, 3.8) is 0 Å². The van der Waals surface area contributed by atoms with Crippen molar-refractivity contribution in [2.75, 3.05) is 0 Å². The Bertz CT molecular complexity index is 129. The van der Waals surface area contributed by atoms with E-state index in [0.29, 0.717) is 11.8 Å². The third-order valence-electron chi connectivity index (χ3n) is 2.76. The summed E-state index contributed by atoms with van der Waals surface area (Å²) in [5, 5.41) is 7.66. The Kier molecular flexibility index (Phi) is 6.04. The fourth-order valence-corrected chi connectivity index (χ4v) is 1.64. The highest BCUT2D eigenvalue weighted by molar-refractivity contribution is 5.81. The van der Waals surface area contributed by atoms with Gasteiger partial charge in [0.05, 0.1) is 0 Å². The lowest BCUT2D eigenvalue weighted by atomic mass is 9.84. The van der Waals surface area contributed by atoms with Gasteiger partial charge >= 0.3 is 0 Å². The van der Waals surface area contributed by atoms with Gasteiger partial charge in [0.25, 0.3) is 0 Å². The number of hydrogen-bond acceptors (Lipinski definition) is 1. The Morgan fingerprint density at radius 3 is 2.25 bits per heavy atom. The maximum absolute atomic E-state index is 7.66. The third kappa shape index (κ3) is 3.89. The maximum Gasteiger partial charge on any atom is 0.00917 e. The van der Waals surface area contributed by atoms with Gasteiger partial charge in [0.2, 0.25) is 0 Å². The summed E-state index contributed by atoms with van der Waals surface area (Å²) in [5.41, 5.74) is 0.873. The average molecular weight is 169 g/mol. The van der Waals surface area contributed by atoms with Gasteiger partial charge in [0.1, 0.15) is 0 Å². The molecule has 0 radical (unpaired) electrons. The molecule has 2 atom stereocenters. The van der Waals surface area contributed by atoms with Gasteiger partial charge < -0.3 is 5.41 Å². The van der Waals surface area contributed by atoms with E-state index in [1.807, 2.05) is 6.92 Å². The zero-order valence-corrected chi connectivity index (χ0v) is 8.98. The first-order valence-corrected chi connectivity index (χ1v) is 5.18. The fourth-order valence-electron chi connectivity index (χ4n) is 1.64. The normalized spacial score (nSPS) is 15.7. The van der Waals surface area contributed by atoms with E-state index in [1.165, 1.54) is 25.7 Å². The third-order valence-corrected chi connectivity index (χ3v) is 2.76. The largest absolute Gasteiger partial charge is 0.310 e. The van der Waals surface area contributed by atoms with Gasteiger partial charge in [-0.15, -0.1) is 0 Å². The van der Waals surface area contributed by atoms with Crippen molar-refractivity contribution in [2.24, 2.45) is 11.8 Å². The molecule has 0 spiro atoms. The van der Waals surface area contributed by atoms with Crippen LogP contribution in [-0.2, 0) is 0 Å². The van der Waals surface area contributed by atoms with Crippen LogP contribution in [0.2, 0.25) is 0 Å². The molecule has 1 N–H and O–H groups in total. The first-order valence-electron chi connectivity index (χ1n) is 5.18. The molecule has 2 unspecified atom stereocenters. The monoisotopic (exact) mass is 169 g/mol. The molecule has 1 nitrogen and oxygen atoms in total. The molecular formula is C11H23N. The summed E-state index contributed by atoms with van der Waals surface area (Å²) < 4.78 is 0. The predicted octanol–water partition coefficient (Wildman–Crippen LogP) is 3.88. The number of nitrogens with one attached hydrogen (secondary N) is 1. The molecule has 0 aromatic carbocycles. The molecular weight excluding hydrogens is 146 g/mol. The highest BCUT2D eigenvalue weighted by atomic mass is 14.4. The SMILES string of the molecule is CCCCC(C(C)=N)C(C)CC. The van der Waals surface area contributed by atoms with Gasteiger partial charge in [0.15, 0.2) is 0 Å². The minimum absolute atomic E-state index is 0.537. The van der Waals surface area contributed by atoms with E-state index in [9.17, 15) is 0 Å². The highest BCUT2D eigenvalue weighted by Crippen LogP contribution is 2.22. The second kappa shape index (κ2) is 6.22. The van der Waals surface area contributed by atoms with E-state index < -0.39 is 0 Å². The lowest BCUT2D eigenvalue weighted by Crippen LogP contribution is -2.18. The summed E-state index contributed by atoms with van der Waals surface area (Å²) in [4.78, 5) is 0. The minimum atomic E-state index is 0.537. The lowest BCUT2D eigenvalue weighted by molar-refractivity contribution is 0.403. The maximum atomic E-state index is 7.66. The van der Waals surface area contributed by atoms with E-state index in [1.54, 1.807) is 0 Å². The topological polar surface area (TPSA) is 23.9 Å². The summed E-state index contributed by atoms with van der Waals surface area (Å²) in [5.74, 6) is 1.23. The molecule has 0 aromatic heterocycles. The summed E-state index contributed by atoms with van der Waals surface area (Å²) in [7, 11) is 0. The summed E-state index contributed by atoms with van der Waals surface area (Å²) in [6.45, 7) is 8.64. The number of hydrogen-bond donors (Lipinski definition) is 1. The standard InChI is InChI=1S/C11H23N/c1-5-7-8-11(10(4)12)9(3)6-2/h9,11-12H,5-8H2,1-4H3. The molecule has 12 heavy (non-hydrogen) atoms. The summed E-state index contributed by atoms with van der Waals surface area (Å²) >= 11 is 0. The van der Waals surface area contributed by atoms with Crippen LogP contribution in [0.4, 0.5) is 0 Å². The zero-order valence-electron chi connectivity index (χ0n) is 8.98. The Hall–Kier alpha value is -0.330.